The number of rotatable bonds is 6. The first-order valence-corrected chi connectivity index (χ1v) is 8.72. The molecule has 25 heavy (non-hydrogen) atoms. The van der Waals surface area contributed by atoms with Crippen molar-refractivity contribution in [3.8, 4) is 0 Å². The minimum Gasteiger partial charge on any atom is -0.355 e. The maximum atomic E-state index is 4.29. The maximum Gasteiger partial charge on any atom is 0.191 e. The van der Waals surface area contributed by atoms with E-state index in [4.69, 9.17) is 0 Å². The van der Waals surface area contributed by atoms with Crippen molar-refractivity contribution in [2.45, 2.75) is 45.7 Å². The summed E-state index contributed by atoms with van der Waals surface area (Å²) in [6.45, 7) is 4.50. The molecule has 136 valence electrons. The fourth-order valence-corrected chi connectivity index (χ4v) is 3.18. The molecular weight excluding hydrogens is 427 g/mol. The zero-order valence-electron chi connectivity index (χ0n) is 15.0. The van der Waals surface area contributed by atoms with Gasteiger partial charge in [-0.1, -0.05) is 25.1 Å². The number of benzene rings is 1. The van der Waals surface area contributed by atoms with Crippen molar-refractivity contribution in [3.63, 3.8) is 0 Å². The summed E-state index contributed by atoms with van der Waals surface area (Å²) in [6, 6.07) is 6.82. The largest absolute Gasteiger partial charge is 0.355 e. The fraction of sp³-hybridized carbons (Fsp3) is 0.500. The highest BCUT2D eigenvalue weighted by molar-refractivity contribution is 14.0. The molecule has 0 unspecified atom stereocenters. The first-order valence-electron chi connectivity index (χ1n) is 8.72. The molecule has 1 aromatic carbocycles. The van der Waals surface area contributed by atoms with E-state index in [-0.39, 0.29) is 24.0 Å². The van der Waals surface area contributed by atoms with Crippen molar-refractivity contribution in [1.82, 2.24) is 25.4 Å². The molecule has 2 aromatic rings. The van der Waals surface area contributed by atoms with Crippen LogP contribution in [-0.4, -0.2) is 34.3 Å². The van der Waals surface area contributed by atoms with Gasteiger partial charge in [-0.05, 0) is 36.0 Å². The highest BCUT2D eigenvalue weighted by Gasteiger charge is 2.10. The summed E-state index contributed by atoms with van der Waals surface area (Å²) >= 11 is 0. The van der Waals surface area contributed by atoms with E-state index in [1.165, 1.54) is 36.0 Å². The van der Waals surface area contributed by atoms with Crippen LogP contribution >= 0.6 is 24.0 Å². The Morgan fingerprint density at radius 1 is 1.24 bits per heavy atom. The second-order valence-corrected chi connectivity index (χ2v) is 6.10. The summed E-state index contributed by atoms with van der Waals surface area (Å²) in [5, 5.41) is 14.8. The molecule has 1 heterocycles. The first kappa shape index (κ1) is 19.7. The van der Waals surface area contributed by atoms with Gasteiger partial charge in [-0.15, -0.1) is 34.2 Å². The molecule has 2 N–H and O–H groups in total. The Bertz CT molecular complexity index is 709. The van der Waals surface area contributed by atoms with Gasteiger partial charge in [0, 0.05) is 33.1 Å². The van der Waals surface area contributed by atoms with Crippen LogP contribution in [0.25, 0.3) is 0 Å². The van der Waals surface area contributed by atoms with Crippen molar-refractivity contribution in [2.24, 2.45) is 4.99 Å². The molecule has 1 aromatic heterocycles. The van der Waals surface area contributed by atoms with E-state index in [0.29, 0.717) is 0 Å². The summed E-state index contributed by atoms with van der Waals surface area (Å²) in [5.74, 6) is 1.83. The van der Waals surface area contributed by atoms with Crippen molar-refractivity contribution in [2.75, 3.05) is 13.6 Å². The monoisotopic (exact) mass is 454 g/mol. The summed E-state index contributed by atoms with van der Waals surface area (Å²) in [4.78, 5) is 4.29. The Morgan fingerprint density at radius 2 is 2.08 bits per heavy atom. The zero-order chi connectivity index (χ0) is 16.8. The molecule has 0 amide bonds. The molecule has 0 spiro atoms. The third kappa shape index (κ3) is 5.17. The lowest BCUT2D eigenvalue weighted by Gasteiger charge is -2.13. The zero-order valence-corrected chi connectivity index (χ0v) is 17.3. The van der Waals surface area contributed by atoms with Crippen molar-refractivity contribution >= 4 is 29.9 Å². The van der Waals surface area contributed by atoms with E-state index < -0.39 is 0 Å². The van der Waals surface area contributed by atoms with Gasteiger partial charge in [0.15, 0.2) is 5.96 Å². The minimum absolute atomic E-state index is 0. The van der Waals surface area contributed by atoms with Crippen LogP contribution in [0.3, 0.4) is 0 Å². The molecule has 0 saturated heterocycles. The number of halogens is 1. The van der Waals surface area contributed by atoms with Gasteiger partial charge in [0.1, 0.15) is 12.2 Å². The Kier molecular flexibility index (Phi) is 7.67. The van der Waals surface area contributed by atoms with E-state index in [1.54, 1.807) is 13.4 Å². The Hall–Kier alpha value is -1.64. The highest BCUT2D eigenvalue weighted by Crippen LogP contribution is 2.22. The average Bonchev–Trinajstić information content (AvgIpc) is 3.25. The maximum absolute atomic E-state index is 4.29. The molecule has 1 aliphatic rings. The molecule has 0 aliphatic heterocycles. The number of aliphatic imine (C=N–C) groups is 1. The third-order valence-corrected chi connectivity index (χ3v) is 4.50. The fourth-order valence-electron chi connectivity index (χ4n) is 3.18. The predicted octanol–water partition coefficient (Wildman–Crippen LogP) is 2.31. The molecule has 0 atom stereocenters. The molecule has 0 bridgehead atoms. The molecule has 7 heteroatoms. The van der Waals surface area contributed by atoms with Crippen LogP contribution in [0.4, 0.5) is 0 Å². The smallest absolute Gasteiger partial charge is 0.191 e. The van der Waals surface area contributed by atoms with Crippen molar-refractivity contribution in [3.05, 3.63) is 47.0 Å². The third-order valence-electron chi connectivity index (χ3n) is 4.50. The van der Waals surface area contributed by atoms with E-state index in [1.807, 2.05) is 0 Å². The Labute approximate surface area is 166 Å². The van der Waals surface area contributed by atoms with Crippen LogP contribution in [0.1, 0.15) is 35.9 Å². The molecule has 3 rings (SSSR count). The lowest BCUT2D eigenvalue weighted by Crippen LogP contribution is -2.38. The van der Waals surface area contributed by atoms with E-state index in [9.17, 15) is 0 Å². The van der Waals surface area contributed by atoms with Crippen LogP contribution in [0.2, 0.25) is 0 Å². The number of nitrogens with zero attached hydrogens (tertiary/aromatic N) is 4. The quantitative estimate of drug-likeness (QED) is 0.400. The van der Waals surface area contributed by atoms with Gasteiger partial charge in [-0.25, -0.2) is 0 Å². The van der Waals surface area contributed by atoms with E-state index >= 15 is 0 Å². The summed E-state index contributed by atoms with van der Waals surface area (Å²) in [5.41, 5.74) is 4.34. The van der Waals surface area contributed by atoms with Gasteiger partial charge in [0.2, 0.25) is 0 Å². The van der Waals surface area contributed by atoms with Crippen molar-refractivity contribution < 1.29 is 0 Å². The number of guanidine groups is 1. The van der Waals surface area contributed by atoms with Gasteiger partial charge in [-0.3, -0.25) is 4.99 Å². The van der Waals surface area contributed by atoms with Crippen LogP contribution in [0, 0.1) is 0 Å². The Morgan fingerprint density at radius 3 is 2.88 bits per heavy atom. The van der Waals surface area contributed by atoms with Crippen LogP contribution < -0.4 is 10.6 Å². The van der Waals surface area contributed by atoms with Crippen molar-refractivity contribution in [1.29, 1.82) is 0 Å². The lowest BCUT2D eigenvalue weighted by molar-refractivity contribution is 0.632. The van der Waals surface area contributed by atoms with Gasteiger partial charge >= 0.3 is 0 Å². The van der Waals surface area contributed by atoms with Crippen LogP contribution in [-0.2, 0) is 32.4 Å². The van der Waals surface area contributed by atoms with Crippen LogP contribution in [0.15, 0.2) is 29.5 Å². The number of hydrogen-bond acceptors (Lipinski definition) is 3. The van der Waals surface area contributed by atoms with Crippen LogP contribution in [0.5, 0.6) is 0 Å². The Balaban J connectivity index is 0.00000225. The van der Waals surface area contributed by atoms with E-state index in [2.05, 4.69) is 55.5 Å². The second kappa shape index (κ2) is 9.74. The van der Waals surface area contributed by atoms with Gasteiger partial charge in [0.25, 0.3) is 0 Å². The summed E-state index contributed by atoms with van der Waals surface area (Å²) in [6.07, 6.45) is 6.41. The highest BCUT2D eigenvalue weighted by atomic mass is 127. The number of fused-ring (bicyclic) bond motifs is 1. The van der Waals surface area contributed by atoms with Gasteiger partial charge in [-0.2, -0.15) is 0 Å². The normalized spacial score (nSPS) is 13.3. The molecule has 0 saturated carbocycles. The second-order valence-electron chi connectivity index (χ2n) is 6.10. The predicted molar refractivity (Wildman–Crippen MR) is 111 cm³/mol. The van der Waals surface area contributed by atoms with E-state index in [0.717, 1.165) is 37.8 Å². The SMILES string of the molecule is CCc1nncn1CCNC(=NC)NCc1ccc2c(c1)CCC2.I. The van der Waals surface area contributed by atoms with Gasteiger partial charge < -0.3 is 15.2 Å². The molecule has 0 radical (unpaired) electrons. The first-order chi connectivity index (χ1) is 11.8. The molecule has 6 nitrogen and oxygen atoms in total. The minimum atomic E-state index is 0. The molecule has 1 aliphatic carbocycles. The molecular formula is C18H27IN6. The number of nitrogens with one attached hydrogen (secondary N) is 2. The standard InChI is InChI=1S/C18H26N6.HI/c1-3-17-23-22-13-24(17)10-9-20-18(19-2)21-12-14-7-8-15-5-4-6-16(15)11-14;/h7-8,11,13H,3-6,9-10,12H2,1-2H3,(H2,19,20,21);1H. The topological polar surface area (TPSA) is 67.1 Å². The lowest BCUT2D eigenvalue weighted by atomic mass is 10.1. The average molecular weight is 454 g/mol. The number of aryl methyl sites for hydroxylation is 3. The number of hydrogen-bond donors (Lipinski definition) is 2. The van der Waals surface area contributed by atoms with Gasteiger partial charge in [0.05, 0.1) is 0 Å². The number of aromatic nitrogens is 3. The summed E-state index contributed by atoms with van der Waals surface area (Å²) < 4.78 is 2.07. The molecule has 0 fully saturated rings. The summed E-state index contributed by atoms with van der Waals surface area (Å²) in [7, 11) is 1.80.